The minimum Gasteiger partial charge on any atom is -0.378 e. The average Bonchev–Trinajstić information content (AvgIpc) is 2.95. The van der Waals surface area contributed by atoms with Crippen LogP contribution in [-0.4, -0.2) is 41.0 Å². The van der Waals surface area contributed by atoms with Gasteiger partial charge in [-0.1, -0.05) is 0 Å². The molecule has 0 radical (unpaired) electrons. The van der Waals surface area contributed by atoms with Crippen molar-refractivity contribution in [1.29, 1.82) is 0 Å². The SMILES string of the molecule is Cn1cc([C@H]2OCCC[C@@H]2NC(=O)C[C@@H]2CCCCO2)cn1. The molecule has 1 amide bonds. The molecule has 3 atom stereocenters. The molecule has 3 rings (SSSR count). The number of hydrogen-bond acceptors (Lipinski definition) is 4. The van der Waals surface area contributed by atoms with Gasteiger partial charge in [-0.15, -0.1) is 0 Å². The van der Waals surface area contributed by atoms with Crippen LogP contribution in [0.5, 0.6) is 0 Å². The highest BCUT2D eigenvalue weighted by Gasteiger charge is 2.30. The molecule has 0 unspecified atom stereocenters. The molecule has 0 bridgehead atoms. The predicted molar refractivity (Wildman–Crippen MR) is 81.3 cm³/mol. The lowest BCUT2D eigenvalue weighted by Gasteiger charge is -2.32. The molecular formula is C16H25N3O3. The van der Waals surface area contributed by atoms with Crippen LogP contribution < -0.4 is 5.32 Å². The van der Waals surface area contributed by atoms with Crippen molar-refractivity contribution >= 4 is 5.91 Å². The second-order valence-electron chi connectivity index (χ2n) is 6.25. The third-order valence-corrected chi connectivity index (χ3v) is 4.41. The summed E-state index contributed by atoms with van der Waals surface area (Å²) >= 11 is 0. The van der Waals surface area contributed by atoms with Gasteiger partial charge in [0.2, 0.25) is 5.91 Å². The second kappa shape index (κ2) is 7.24. The summed E-state index contributed by atoms with van der Waals surface area (Å²) in [6, 6.07) is 0.0223. The van der Waals surface area contributed by atoms with Crippen LogP contribution in [-0.2, 0) is 21.3 Å². The first-order chi connectivity index (χ1) is 10.7. The van der Waals surface area contributed by atoms with E-state index in [1.54, 1.807) is 4.68 Å². The maximum Gasteiger partial charge on any atom is 0.222 e. The molecule has 1 aromatic heterocycles. The van der Waals surface area contributed by atoms with Gasteiger partial charge in [0.25, 0.3) is 0 Å². The van der Waals surface area contributed by atoms with Gasteiger partial charge < -0.3 is 14.8 Å². The lowest BCUT2D eigenvalue weighted by atomic mass is 9.97. The summed E-state index contributed by atoms with van der Waals surface area (Å²) in [7, 11) is 1.89. The molecule has 0 spiro atoms. The zero-order valence-corrected chi connectivity index (χ0v) is 13.2. The van der Waals surface area contributed by atoms with Crippen molar-refractivity contribution in [1.82, 2.24) is 15.1 Å². The number of nitrogens with zero attached hydrogens (tertiary/aromatic N) is 2. The largest absolute Gasteiger partial charge is 0.378 e. The molecule has 2 saturated heterocycles. The maximum absolute atomic E-state index is 12.3. The minimum atomic E-state index is -0.0984. The highest BCUT2D eigenvalue weighted by molar-refractivity contribution is 5.76. The zero-order chi connectivity index (χ0) is 15.4. The van der Waals surface area contributed by atoms with Crippen LogP contribution in [0.3, 0.4) is 0 Å². The van der Waals surface area contributed by atoms with E-state index in [0.717, 1.165) is 50.9 Å². The van der Waals surface area contributed by atoms with Crippen LogP contribution in [0, 0.1) is 0 Å². The Morgan fingerprint density at radius 3 is 2.91 bits per heavy atom. The molecule has 1 aromatic rings. The van der Waals surface area contributed by atoms with Crippen LogP contribution in [0.25, 0.3) is 0 Å². The molecule has 0 aromatic carbocycles. The van der Waals surface area contributed by atoms with E-state index in [2.05, 4.69) is 10.4 Å². The first-order valence-electron chi connectivity index (χ1n) is 8.23. The molecule has 0 saturated carbocycles. The van der Waals surface area contributed by atoms with Crippen molar-refractivity contribution in [2.24, 2.45) is 7.05 Å². The number of rotatable bonds is 4. The second-order valence-corrected chi connectivity index (χ2v) is 6.25. The topological polar surface area (TPSA) is 65.4 Å². The van der Waals surface area contributed by atoms with E-state index in [-0.39, 0.29) is 24.2 Å². The van der Waals surface area contributed by atoms with Crippen LogP contribution in [0.4, 0.5) is 0 Å². The Labute approximate surface area is 131 Å². The number of nitrogens with one attached hydrogen (secondary N) is 1. The summed E-state index contributed by atoms with van der Waals surface area (Å²) in [5.41, 5.74) is 1.03. The fourth-order valence-electron chi connectivity index (χ4n) is 3.29. The van der Waals surface area contributed by atoms with Crippen molar-refractivity contribution < 1.29 is 14.3 Å². The van der Waals surface area contributed by atoms with Gasteiger partial charge in [0.05, 0.1) is 24.8 Å². The lowest BCUT2D eigenvalue weighted by molar-refractivity contribution is -0.127. The summed E-state index contributed by atoms with van der Waals surface area (Å²) in [4.78, 5) is 12.3. The van der Waals surface area contributed by atoms with Crippen molar-refractivity contribution in [3.8, 4) is 0 Å². The molecule has 2 aliphatic heterocycles. The van der Waals surface area contributed by atoms with E-state index >= 15 is 0 Å². The minimum absolute atomic E-state index is 0.0223. The van der Waals surface area contributed by atoms with E-state index in [1.807, 2.05) is 19.4 Å². The zero-order valence-electron chi connectivity index (χ0n) is 13.2. The van der Waals surface area contributed by atoms with E-state index in [9.17, 15) is 4.79 Å². The molecule has 6 heteroatoms. The Hall–Kier alpha value is -1.40. The standard InChI is InChI=1S/C16H25N3O3/c1-19-11-12(10-17-19)16-14(6-4-8-22-16)18-15(20)9-13-5-2-3-7-21-13/h10-11,13-14,16H,2-9H2,1H3,(H,18,20)/t13-,14-,16+/m0/s1. The van der Waals surface area contributed by atoms with E-state index in [1.165, 1.54) is 0 Å². The van der Waals surface area contributed by atoms with Crippen molar-refractivity contribution in [3.05, 3.63) is 18.0 Å². The van der Waals surface area contributed by atoms with E-state index < -0.39 is 0 Å². The third-order valence-electron chi connectivity index (χ3n) is 4.41. The smallest absolute Gasteiger partial charge is 0.222 e. The monoisotopic (exact) mass is 307 g/mol. The van der Waals surface area contributed by atoms with Crippen molar-refractivity contribution in [3.63, 3.8) is 0 Å². The lowest BCUT2D eigenvalue weighted by Crippen LogP contribution is -2.44. The van der Waals surface area contributed by atoms with E-state index in [4.69, 9.17) is 9.47 Å². The molecule has 6 nitrogen and oxygen atoms in total. The van der Waals surface area contributed by atoms with Gasteiger partial charge in [-0.25, -0.2) is 0 Å². The molecule has 3 heterocycles. The number of aromatic nitrogens is 2. The van der Waals surface area contributed by atoms with Gasteiger partial charge in [0, 0.05) is 32.0 Å². The molecular weight excluding hydrogens is 282 g/mol. The van der Waals surface area contributed by atoms with Gasteiger partial charge in [-0.3, -0.25) is 9.48 Å². The summed E-state index contributed by atoms with van der Waals surface area (Å²) in [5, 5.41) is 7.35. The van der Waals surface area contributed by atoms with Crippen molar-refractivity contribution in [2.45, 2.75) is 56.8 Å². The summed E-state index contributed by atoms with van der Waals surface area (Å²) in [6.07, 6.45) is 9.38. The molecule has 2 fully saturated rings. The predicted octanol–water partition coefficient (Wildman–Crippen LogP) is 1.72. The molecule has 122 valence electrons. The van der Waals surface area contributed by atoms with Crippen LogP contribution >= 0.6 is 0 Å². The Balaban J connectivity index is 1.57. The van der Waals surface area contributed by atoms with Crippen LogP contribution in [0.2, 0.25) is 0 Å². The Morgan fingerprint density at radius 2 is 2.18 bits per heavy atom. The summed E-state index contributed by atoms with van der Waals surface area (Å²) < 4.78 is 13.3. The summed E-state index contributed by atoms with van der Waals surface area (Å²) in [6.45, 7) is 1.51. The normalized spacial score (nSPS) is 29.2. The van der Waals surface area contributed by atoms with Gasteiger partial charge in [0.15, 0.2) is 0 Å². The quantitative estimate of drug-likeness (QED) is 0.920. The number of aryl methyl sites for hydroxylation is 1. The maximum atomic E-state index is 12.3. The van der Waals surface area contributed by atoms with Gasteiger partial charge in [0.1, 0.15) is 6.10 Å². The van der Waals surface area contributed by atoms with Crippen LogP contribution in [0.1, 0.15) is 50.2 Å². The first kappa shape index (κ1) is 15.5. The molecule has 1 N–H and O–H groups in total. The molecule has 2 aliphatic rings. The number of ether oxygens (including phenoxy) is 2. The number of amides is 1. The fraction of sp³-hybridized carbons (Fsp3) is 0.750. The van der Waals surface area contributed by atoms with Gasteiger partial charge in [-0.05, 0) is 32.1 Å². The highest BCUT2D eigenvalue weighted by atomic mass is 16.5. The Morgan fingerprint density at radius 1 is 1.32 bits per heavy atom. The number of carbonyl (C=O) groups is 1. The Kier molecular flexibility index (Phi) is 5.10. The van der Waals surface area contributed by atoms with Crippen LogP contribution in [0.15, 0.2) is 12.4 Å². The summed E-state index contributed by atoms with van der Waals surface area (Å²) in [5.74, 6) is 0.0660. The first-order valence-corrected chi connectivity index (χ1v) is 8.23. The Bertz CT molecular complexity index is 497. The molecule has 22 heavy (non-hydrogen) atoms. The van der Waals surface area contributed by atoms with Gasteiger partial charge in [-0.2, -0.15) is 5.10 Å². The number of hydrogen-bond donors (Lipinski definition) is 1. The average molecular weight is 307 g/mol. The van der Waals surface area contributed by atoms with Crippen molar-refractivity contribution in [2.75, 3.05) is 13.2 Å². The molecule has 0 aliphatic carbocycles. The van der Waals surface area contributed by atoms with Gasteiger partial charge >= 0.3 is 0 Å². The third kappa shape index (κ3) is 3.87. The van der Waals surface area contributed by atoms with E-state index in [0.29, 0.717) is 6.42 Å². The highest BCUT2D eigenvalue weighted by Crippen LogP contribution is 2.28. The fourth-order valence-corrected chi connectivity index (χ4v) is 3.29. The number of carbonyl (C=O) groups excluding carboxylic acids is 1.